The molecule has 0 aliphatic rings. The number of nitrogens with one attached hydrogen (secondary N) is 1. The van der Waals surface area contributed by atoms with Crippen molar-refractivity contribution < 1.29 is 47.8 Å². The van der Waals surface area contributed by atoms with Crippen LogP contribution >= 0.6 is 7.82 Å². The summed E-state index contributed by atoms with van der Waals surface area (Å²) in [6, 6.07) is -1.58. The number of carbonyl (C=O) groups excluding carboxylic acids is 2. The first-order valence-corrected chi connectivity index (χ1v) is 25.7. The number of hydrogen-bond donors (Lipinski definition) is 4. The van der Waals surface area contributed by atoms with Gasteiger partial charge >= 0.3 is 19.8 Å². The van der Waals surface area contributed by atoms with Crippen molar-refractivity contribution in [2.75, 3.05) is 19.8 Å². The lowest BCUT2D eigenvalue weighted by Crippen LogP contribution is -2.43. The highest BCUT2D eigenvalue weighted by atomic mass is 31.2. The molecule has 1 amide bonds. The van der Waals surface area contributed by atoms with Crippen molar-refractivity contribution in [1.29, 1.82) is 0 Å². The Labute approximate surface area is 398 Å². The van der Waals surface area contributed by atoms with E-state index in [2.05, 4.69) is 141 Å². The van der Waals surface area contributed by atoms with Gasteiger partial charge in [0.05, 0.1) is 13.2 Å². The quantitative estimate of drug-likeness (QED) is 0.0200. The van der Waals surface area contributed by atoms with Gasteiger partial charge in [-0.05, 0) is 109 Å². The lowest BCUT2D eigenvalue weighted by Gasteiger charge is -2.18. The van der Waals surface area contributed by atoms with Crippen LogP contribution in [0.1, 0.15) is 155 Å². The van der Waals surface area contributed by atoms with Gasteiger partial charge in [0.2, 0.25) is 5.91 Å². The molecule has 3 unspecified atom stereocenters. The summed E-state index contributed by atoms with van der Waals surface area (Å²) in [5, 5.41) is 21.9. The molecule has 0 radical (unpaired) electrons. The van der Waals surface area contributed by atoms with Crippen LogP contribution in [0.15, 0.2) is 134 Å². The Morgan fingerprint density at radius 2 is 0.894 bits per heavy atom. The Kier molecular flexibility index (Phi) is 44.0. The van der Waals surface area contributed by atoms with Crippen LogP contribution in [-0.2, 0) is 32.7 Å². The summed E-state index contributed by atoms with van der Waals surface area (Å²) in [5.41, 5.74) is 0. The molecule has 0 saturated carbocycles. The van der Waals surface area contributed by atoms with Gasteiger partial charge in [0, 0.05) is 12.8 Å². The molecule has 0 bridgehead atoms. The minimum Gasteiger partial charge on any atom is -0.480 e. The highest BCUT2D eigenvalue weighted by Gasteiger charge is 2.28. The molecular formula is C54H84NO10P. The zero-order valence-corrected chi connectivity index (χ0v) is 41.1. The predicted octanol–water partition coefficient (Wildman–Crippen LogP) is 13.3. The summed E-state index contributed by atoms with van der Waals surface area (Å²) in [6.45, 7) is 2.35. The molecule has 4 N–H and O–H groups in total. The fraction of sp³-hybridized carbons (Fsp3) is 0.537. The molecule has 0 aliphatic heterocycles. The Bertz CT molecular complexity index is 1620. The number of carboxylic acid groups (broad SMARTS) is 1. The number of phosphoric ester groups is 1. The van der Waals surface area contributed by atoms with E-state index in [0.29, 0.717) is 19.3 Å². The Morgan fingerprint density at radius 1 is 0.500 bits per heavy atom. The minimum atomic E-state index is -4.79. The van der Waals surface area contributed by atoms with Crippen molar-refractivity contribution in [3.63, 3.8) is 0 Å². The molecule has 0 heterocycles. The van der Waals surface area contributed by atoms with E-state index in [1.807, 2.05) is 12.2 Å². The maximum Gasteiger partial charge on any atom is 0.472 e. The molecule has 0 aliphatic carbocycles. The van der Waals surface area contributed by atoms with Crippen molar-refractivity contribution in [3.8, 4) is 0 Å². The first kappa shape index (κ1) is 61.6. The second kappa shape index (κ2) is 47.1. The van der Waals surface area contributed by atoms with E-state index in [1.165, 1.54) is 19.3 Å². The van der Waals surface area contributed by atoms with Crippen molar-refractivity contribution >= 4 is 25.7 Å². The zero-order valence-electron chi connectivity index (χ0n) is 40.2. The van der Waals surface area contributed by atoms with E-state index in [9.17, 15) is 34.1 Å². The Balaban J connectivity index is 4.03. The molecule has 0 spiro atoms. The molecule has 0 rings (SSSR count). The second-order valence-electron chi connectivity index (χ2n) is 15.6. The van der Waals surface area contributed by atoms with Gasteiger partial charge in [0.1, 0.15) is 12.7 Å². The number of allylic oxidation sites excluding steroid dienone is 22. The maximum absolute atomic E-state index is 12.3. The van der Waals surface area contributed by atoms with Gasteiger partial charge in [0.15, 0.2) is 6.04 Å². The summed E-state index contributed by atoms with van der Waals surface area (Å²) < 4.78 is 26.8. The molecule has 66 heavy (non-hydrogen) atoms. The fourth-order valence-corrected chi connectivity index (χ4v) is 6.47. The third-order valence-electron chi connectivity index (χ3n) is 9.42. The standard InChI is InChI=1S/C54H84NO10P/c1-3-5-7-9-11-13-15-17-19-21-23-24-25-26-28-30-32-34-36-38-40-42-44-46-53(58)63-47-50(56)48-64-66(61,62)65-49-51(54(59)60)55-52(57)45-43-41-39-37-35-33-31-29-27-22-20-18-16-14-12-10-8-6-4-2/h5,7,11-14,17-20,23-24,26-29,32-35,38,40,50-51,56H,3-4,6,8-10,15-16,21-22,25,30-31,36-37,39,41-49H2,1-2H3,(H,55,57)(H,59,60)(H,61,62)/b7-5-,13-11-,14-12-,19-17-,20-18-,24-23-,28-26-,29-27-,34-32-,35-33-,40-38-. The molecule has 3 atom stereocenters. The number of amides is 1. The summed E-state index contributed by atoms with van der Waals surface area (Å²) in [7, 11) is -4.79. The normalized spacial score (nSPS) is 14.7. The first-order chi connectivity index (χ1) is 32.1. The highest BCUT2D eigenvalue weighted by molar-refractivity contribution is 7.47. The average molecular weight is 938 g/mol. The predicted molar refractivity (Wildman–Crippen MR) is 272 cm³/mol. The van der Waals surface area contributed by atoms with E-state index in [0.717, 1.165) is 89.9 Å². The van der Waals surface area contributed by atoms with Gasteiger partial charge in [-0.25, -0.2) is 9.36 Å². The van der Waals surface area contributed by atoms with Gasteiger partial charge < -0.3 is 25.2 Å². The molecular weight excluding hydrogens is 854 g/mol. The summed E-state index contributed by atoms with van der Waals surface area (Å²) in [5.74, 6) is -2.50. The summed E-state index contributed by atoms with van der Waals surface area (Å²) >= 11 is 0. The number of esters is 1. The number of rotatable bonds is 43. The second-order valence-corrected chi connectivity index (χ2v) is 17.0. The number of aliphatic hydroxyl groups is 1. The van der Waals surface area contributed by atoms with Crippen molar-refractivity contribution in [1.82, 2.24) is 5.32 Å². The molecule has 0 saturated heterocycles. The number of ether oxygens (including phenoxy) is 1. The van der Waals surface area contributed by atoms with E-state index >= 15 is 0 Å². The third-order valence-corrected chi connectivity index (χ3v) is 10.4. The van der Waals surface area contributed by atoms with Crippen LogP contribution in [0.25, 0.3) is 0 Å². The molecule has 11 nitrogen and oxygen atoms in total. The SMILES string of the molecule is CC/C=C\C/C=C\C/C=C\C/C=C\C/C=C\C/C=C\C/C=C\CCCC(=O)OCC(O)COP(=O)(O)OCC(NC(=O)CCCCC/C=C\C/C=C\C/C=C\C/C=C\CCCCC)C(=O)O. The lowest BCUT2D eigenvalue weighted by molar-refractivity contribution is -0.147. The van der Waals surface area contributed by atoms with Crippen LogP contribution in [0, 0.1) is 0 Å². The number of carboxylic acids is 1. The van der Waals surface area contributed by atoms with Crippen LogP contribution in [0.3, 0.4) is 0 Å². The van der Waals surface area contributed by atoms with E-state index in [-0.39, 0.29) is 12.8 Å². The number of phosphoric acid groups is 1. The van der Waals surface area contributed by atoms with Crippen LogP contribution in [0.5, 0.6) is 0 Å². The number of unbranched alkanes of at least 4 members (excludes halogenated alkanes) is 7. The van der Waals surface area contributed by atoms with Crippen molar-refractivity contribution in [2.24, 2.45) is 0 Å². The smallest absolute Gasteiger partial charge is 0.472 e. The largest absolute Gasteiger partial charge is 0.480 e. The van der Waals surface area contributed by atoms with Gasteiger partial charge in [-0.1, -0.05) is 167 Å². The first-order valence-electron chi connectivity index (χ1n) is 24.2. The third kappa shape index (κ3) is 46.2. The van der Waals surface area contributed by atoms with Gasteiger partial charge in [-0.15, -0.1) is 0 Å². The lowest BCUT2D eigenvalue weighted by atomic mass is 10.1. The van der Waals surface area contributed by atoms with Crippen LogP contribution in [0.4, 0.5) is 0 Å². The van der Waals surface area contributed by atoms with E-state index in [4.69, 9.17) is 13.8 Å². The van der Waals surface area contributed by atoms with E-state index in [1.54, 1.807) is 0 Å². The van der Waals surface area contributed by atoms with Crippen molar-refractivity contribution in [3.05, 3.63) is 134 Å². The molecule has 0 aromatic carbocycles. The number of carbonyl (C=O) groups is 3. The van der Waals surface area contributed by atoms with Crippen molar-refractivity contribution in [2.45, 2.75) is 167 Å². The highest BCUT2D eigenvalue weighted by Crippen LogP contribution is 2.43. The summed E-state index contributed by atoms with van der Waals surface area (Å²) in [4.78, 5) is 46.0. The number of hydrogen-bond acceptors (Lipinski definition) is 8. The fourth-order valence-electron chi connectivity index (χ4n) is 5.70. The molecule has 12 heteroatoms. The number of aliphatic carboxylic acids is 1. The van der Waals surface area contributed by atoms with Gasteiger partial charge in [-0.2, -0.15) is 0 Å². The topological polar surface area (TPSA) is 169 Å². The minimum absolute atomic E-state index is 0.0956. The Morgan fingerprint density at radius 3 is 1.32 bits per heavy atom. The molecule has 370 valence electrons. The molecule has 0 aromatic rings. The van der Waals surface area contributed by atoms with E-state index < -0.39 is 57.6 Å². The van der Waals surface area contributed by atoms with Gasteiger partial charge in [-0.3, -0.25) is 18.6 Å². The Hall–Kier alpha value is -4.38. The van der Waals surface area contributed by atoms with Crippen LogP contribution in [0.2, 0.25) is 0 Å². The average Bonchev–Trinajstić information content (AvgIpc) is 3.29. The van der Waals surface area contributed by atoms with Gasteiger partial charge in [0.25, 0.3) is 0 Å². The maximum atomic E-state index is 12.3. The number of aliphatic hydroxyl groups excluding tert-OH is 1. The zero-order chi connectivity index (χ0) is 48.4. The van der Waals surface area contributed by atoms with Crippen LogP contribution in [-0.4, -0.2) is 64.9 Å². The molecule has 0 aromatic heterocycles. The summed E-state index contributed by atoms with van der Waals surface area (Å²) in [6.07, 6.45) is 64.8. The molecule has 0 fully saturated rings. The monoisotopic (exact) mass is 938 g/mol. The van der Waals surface area contributed by atoms with Crippen LogP contribution < -0.4 is 5.32 Å².